The molecule has 1 fully saturated rings. The highest BCUT2D eigenvalue weighted by Gasteiger charge is 2.25. The number of anilines is 1. The average molecular weight is 617 g/mol. The number of rotatable bonds is 12. The van der Waals surface area contributed by atoms with Gasteiger partial charge in [-0.1, -0.05) is 11.6 Å². The molecule has 4 aromatic rings. The lowest BCUT2D eigenvalue weighted by Crippen LogP contribution is -2.46. The summed E-state index contributed by atoms with van der Waals surface area (Å²) in [5.74, 6) is -0.907. The Labute approximate surface area is 250 Å². The number of ether oxygens (including phenoxy) is 2. The summed E-state index contributed by atoms with van der Waals surface area (Å²) in [6.07, 6.45) is 8.57. The van der Waals surface area contributed by atoms with E-state index in [9.17, 15) is 18.4 Å². The number of carbonyl (C=O) groups is 2. The number of piperidine rings is 1. The van der Waals surface area contributed by atoms with Crippen LogP contribution in [-0.2, 0) is 16.1 Å². The molecule has 0 saturated carbocycles. The van der Waals surface area contributed by atoms with Crippen molar-refractivity contribution in [3.05, 3.63) is 59.6 Å². The minimum absolute atomic E-state index is 0.0997. The van der Waals surface area contributed by atoms with Crippen LogP contribution in [0, 0.1) is 0 Å². The smallest absolute Gasteiger partial charge is 0.387 e. The summed E-state index contributed by atoms with van der Waals surface area (Å²) < 4.78 is 39.1. The van der Waals surface area contributed by atoms with E-state index in [4.69, 9.17) is 21.1 Å². The highest BCUT2D eigenvalue weighted by molar-refractivity contribution is 6.31. The number of hydrogen-bond donors (Lipinski definition) is 2. The number of hydrogen-bond acceptors (Lipinski definition) is 8. The van der Waals surface area contributed by atoms with Crippen molar-refractivity contribution in [2.24, 2.45) is 0 Å². The Balaban J connectivity index is 1.37. The number of halogens is 3. The van der Waals surface area contributed by atoms with Crippen LogP contribution in [0.3, 0.4) is 0 Å². The molecule has 5 rings (SSSR count). The molecule has 1 aromatic carbocycles. The molecule has 1 aliphatic rings. The molecule has 0 aliphatic carbocycles. The van der Waals surface area contributed by atoms with E-state index in [2.05, 4.69) is 25.8 Å². The summed E-state index contributed by atoms with van der Waals surface area (Å²) in [4.78, 5) is 32.5. The average Bonchev–Trinajstić information content (AvgIpc) is 3.60. The third kappa shape index (κ3) is 7.45. The van der Waals surface area contributed by atoms with Crippen molar-refractivity contribution in [3.8, 4) is 17.0 Å². The normalized spacial score (nSPS) is 14.0. The Morgan fingerprint density at radius 2 is 2.05 bits per heavy atom. The first-order valence-electron chi connectivity index (χ1n) is 13.7. The molecule has 2 amide bonds. The fourth-order valence-corrected chi connectivity index (χ4v) is 5.12. The Hall–Kier alpha value is -4.14. The second-order valence-corrected chi connectivity index (χ2v) is 10.4. The van der Waals surface area contributed by atoms with Gasteiger partial charge in [0, 0.05) is 62.0 Å². The van der Waals surface area contributed by atoms with Crippen LogP contribution in [0.2, 0.25) is 5.02 Å². The molecule has 0 radical (unpaired) electrons. The first kappa shape index (κ1) is 30.3. The van der Waals surface area contributed by atoms with Gasteiger partial charge in [-0.15, -0.1) is 0 Å². The van der Waals surface area contributed by atoms with Gasteiger partial charge in [0.25, 0.3) is 5.91 Å². The molecule has 1 aliphatic heterocycles. The number of amides is 2. The first-order chi connectivity index (χ1) is 20.8. The number of aromatic nitrogens is 5. The van der Waals surface area contributed by atoms with Gasteiger partial charge in [0.05, 0.1) is 11.9 Å². The summed E-state index contributed by atoms with van der Waals surface area (Å²) >= 11 is 6.20. The van der Waals surface area contributed by atoms with E-state index in [1.54, 1.807) is 24.3 Å². The molecule has 0 spiro atoms. The third-order valence-corrected chi connectivity index (χ3v) is 7.28. The molecule has 228 valence electrons. The summed E-state index contributed by atoms with van der Waals surface area (Å²) in [6.45, 7) is -0.521. The van der Waals surface area contributed by atoms with Crippen molar-refractivity contribution in [1.82, 2.24) is 34.6 Å². The van der Waals surface area contributed by atoms with Gasteiger partial charge in [-0.25, -0.2) is 9.50 Å². The van der Waals surface area contributed by atoms with Crippen LogP contribution < -0.4 is 15.4 Å². The third-order valence-electron chi connectivity index (χ3n) is 7.05. The quantitative estimate of drug-likeness (QED) is 0.231. The molecule has 15 heteroatoms. The molecule has 43 heavy (non-hydrogen) atoms. The maximum Gasteiger partial charge on any atom is 0.387 e. The highest BCUT2D eigenvalue weighted by atomic mass is 35.5. The number of nitrogens with zero attached hydrogens (tertiary/aromatic N) is 6. The second kappa shape index (κ2) is 13.9. The van der Waals surface area contributed by atoms with Gasteiger partial charge >= 0.3 is 6.61 Å². The number of carbonyl (C=O) groups excluding carboxylic acids is 2. The zero-order valence-electron chi connectivity index (χ0n) is 23.4. The molecule has 4 heterocycles. The van der Waals surface area contributed by atoms with Crippen LogP contribution >= 0.6 is 11.6 Å². The van der Waals surface area contributed by atoms with E-state index in [0.29, 0.717) is 31.4 Å². The van der Waals surface area contributed by atoms with Crippen molar-refractivity contribution < 1.29 is 27.8 Å². The lowest BCUT2D eigenvalue weighted by molar-refractivity contribution is -0.133. The van der Waals surface area contributed by atoms with Crippen molar-refractivity contribution in [2.75, 3.05) is 38.7 Å². The van der Waals surface area contributed by atoms with Crippen molar-refractivity contribution in [3.63, 3.8) is 0 Å². The lowest BCUT2D eigenvalue weighted by atomic mass is 10.0. The number of benzene rings is 1. The largest absolute Gasteiger partial charge is 0.434 e. The van der Waals surface area contributed by atoms with E-state index >= 15 is 0 Å². The van der Waals surface area contributed by atoms with Gasteiger partial charge in [0.1, 0.15) is 23.6 Å². The predicted octanol–water partition coefficient (Wildman–Crippen LogP) is 3.72. The van der Waals surface area contributed by atoms with Crippen LogP contribution in [0.1, 0.15) is 29.6 Å². The molecular weight excluding hydrogens is 586 g/mol. The van der Waals surface area contributed by atoms with E-state index in [1.807, 2.05) is 0 Å². The summed E-state index contributed by atoms with van der Waals surface area (Å²) in [7, 11) is 1.67. The molecule has 1 saturated heterocycles. The number of likely N-dealkylation sites (tertiary alicyclic amines) is 1. The topological polar surface area (TPSA) is 128 Å². The van der Waals surface area contributed by atoms with Crippen LogP contribution in [0.15, 0.2) is 49.1 Å². The van der Waals surface area contributed by atoms with E-state index in [1.165, 1.54) is 46.0 Å². The summed E-state index contributed by atoms with van der Waals surface area (Å²) in [6, 6.07) is 6.10. The second-order valence-electron chi connectivity index (χ2n) is 9.96. The van der Waals surface area contributed by atoms with Gasteiger partial charge in [0.2, 0.25) is 5.91 Å². The summed E-state index contributed by atoms with van der Waals surface area (Å²) in [5, 5.41) is 15.1. The Morgan fingerprint density at radius 1 is 1.23 bits per heavy atom. The Bertz CT molecular complexity index is 1570. The zero-order chi connectivity index (χ0) is 30.3. The number of alkyl halides is 2. The predicted molar refractivity (Wildman–Crippen MR) is 154 cm³/mol. The fraction of sp³-hybridized carbons (Fsp3) is 0.393. The fourth-order valence-electron chi connectivity index (χ4n) is 4.95. The van der Waals surface area contributed by atoms with Crippen LogP contribution in [0.25, 0.3) is 16.9 Å². The number of nitrogens with one attached hydrogen (secondary N) is 2. The van der Waals surface area contributed by atoms with Crippen molar-refractivity contribution >= 4 is 34.7 Å². The standard InChI is InChI=1S/C28H31ClF2N8O4/c1-42-13-3-9-32-19-6-11-37(12-7-19)24(40)17-38-16-22(35-27(41)21-15-34-39-10-2-8-33-26(21)39)25(36-38)20-14-18(29)4-5-23(20)43-28(30)31/h2,4-5,8,10,14-16,19,28,32H,3,6-7,9,11-13,17H2,1H3,(H,35,41). The first-order valence-corrected chi connectivity index (χ1v) is 14.1. The lowest BCUT2D eigenvalue weighted by Gasteiger charge is -2.32. The van der Waals surface area contributed by atoms with E-state index < -0.39 is 12.5 Å². The molecule has 0 atom stereocenters. The van der Waals surface area contributed by atoms with Crippen LogP contribution in [-0.4, -0.2) is 87.1 Å². The van der Waals surface area contributed by atoms with Crippen LogP contribution in [0.5, 0.6) is 5.75 Å². The molecule has 3 aromatic heterocycles. The SMILES string of the molecule is COCCCNC1CCN(C(=O)Cn2cc(NC(=O)c3cnn4cccnc34)c(-c3cc(Cl)ccc3OC(F)F)n2)CC1. The van der Waals surface area contributed by atoms with Crippen molar-refractivity contribution in [1.29, 1.82) is 0 Å². The Kier molecular flexibility index (Phi) is 9.79. The molecule has 12 nitrogen and oxygen atoms in total. The number of methoxy groups -OCH3 is 1. The van der Waals surface area contributed by atoms with Gasteiger partial charge in [0.15, 0.2) is 5.65 Å². The highest BCUT2D eigenvalue weighted by Crippen LogP contribution is 2.37. The maximum absolute atomic E-state index is 13.3. The molecule has 2 N–H and O–H groups in total. The minimum Gasteiger partial charge on any atom is -0.434 e. The minimum atomic E-state index is -3.11. The zero-order valence-corrected chi connectivity index (χ0v) is 24.1. The van der Waals surface area contributed by atoms with E-state index in [-0.39, 0.29) is 45.7 Å². The van der Waals surface area contributed by atoms with E-state index in [0.717, 1.165) is 25.8 Å². The maximum atomic E-state index is 13.3. The Morgan fingerprint density at radius 3 is 2.81 bits per heavy atom. The van der Waals surface area contributed by atoms with Gasteiger partial charge in [-0.3, -0.25) is 14.3 Å². The van der Waals surface area contributed by atoms with Gasteiger partial charge in [-0.05, 0) is 50.1 Å². The molecule has 0 bridgehead atoms. The number of fused-ring (bicyclic) bond motifs is 1. The monoisotopic (exact) mass is 616 g/mol. The molecular formula is C28H31ClF2N8O4. The molecule has 0 unspecified atom stereocenters. The van der Waals surface area contributed by atoms with Gasteiger partial charge in [-0.2, -0.15) is 19.0 Å². The van der Waals surface area contributed by atoms with Crippen LogP contribution in [0.4, 0.5) is 14.5 Å². The summed E-state index contributed by atoms with van der Waals surface area (Å²) in [5.41, 5.74) is 0.887. The van der Waals surface area contributed by atoms with Gasteiger partial charge < -0.3 is 25.0 Å². The van der Waals surface area contributed by atoms with Crippen molar-refractivity contribution in [2.45, 2.75) is 38.5 Å².